The molecule has 1 saturated carbocycles. The number of rotatable bonds is 2. The van der Waals surface area contributed by atoms with Gasteiger partial charge in [0.05, 0.1) is 5.92 Å². The zero-order valence-corrected chi connectivity index (χ0v) is 10.1. The van der Waals surface area contributed by atoms with E-state index in [1.807, 2.05) is 18.2 Å². The van der Waals surface area contributed by atoms with Crippen molar-refractivity contribution in [2.45, 2.75) is 31.4 Å². The molecular formula is C14H13F3O2. The Morgan fingerprint density at radius 1 is 1.16 bits per heavy atom. The van der Waals surface area contributed by atoms with Gasteiger partial charge in [0, 0.05) is 6.42 Å². The summed E-state index contributed by atoms with van der Waals surface area (Å²) in [6.07, 6.45) is -4.43. The van der Waals surface area contributed by atoms with Crippen LogP contribution in [0.15, 0.2) is 30.3 Å². The summed E-state index contributed by atoms with van der Waals surface area (Å²) >= 11 is 0. The van der Waals surface area contributed by atoms with Gasteiger partial charge in [-0.25, -0.2) is 0 Å². The van der Waals surface area contributed by atoms with Crippen LogP contribution in [0.4, 0.5) is 13.2 Å². The molecule has 0 aromatic heterocycles. The molecule has 0 saturated heterocycles. The normalized spacial score (nSPS) is 24.3. The highest BCUT2D eigenvalue weighted by atomic mass is 19.4. The van der Waals surface area contributed by atoms with Gasteiger partial charge < -0.3 is 0 Å². The van der Waals surface area contributed by atoms with E-state index in [-0.39, 0.29) is 18.8 Å². The molecule has 1 aromatic rings. The molecule has 0 unspecified atom stereocenters. The Balaban J connectivity index is 2.17. The summed E-state index contributed by atoms with van der Waals surface area (Å²) in [5.74, 6) is -4.18. The molecule has 19 heavy (non-hydrogen) atoms. The molecule has 1 aliphatic carbocycles. The van der Waals surface area contributed by atoms with Crippen molar-refractivity contribution in [1.82, 2.24) is 0 Å². The number of hydrogen-bond acceptors (Lipinski definition) is 2. The summed E-state index contributed by atoms with van der Waals surface area (Å²) in [4.78, 5) is 22.8. The third-order valence-corrected chi connectivity index (χ3v) is 3.51. The number of hydrogen-bond donors (Lipinski definition) is 0. The van der Waals surface area contributed by atoms with Gasteiger partial charge in [0.15, 0.2) is 0 Å². The van der Waals surface area contributed by atoms with E-state index >= 15 is 0 Å². The van der Waals surface area contributed by atoms with Crippen molar-refractivity contribution in [2.24, 2.45) is 5.92 Å². The van der Waals surface area contributed by atoms with Gasteiger partial charge in [0.25, 0.3) is 0 Å². The van der Waals surface area contributed by atoms with Gasteiger partial charge in [-0.05, 0) is 24.3 Å². The molecule has 0 bridgehead atoms. The maximum absolute atomic E-state index is 12.4. The van der Waals surface area contributed by atoms with Crippen LogP contribution in [0.25, 0.3) is 0 Å². The summed E-state index contributed by atoms with van der Waals surface area (Å²) in [7, 11) is 0. The summed E-state index contributed by atoms with van der Waals surface area (Å²) in [5.41, 5.74) is 0.884. The molecule has 2 rings (SSSR count). The van der Waals surface area contributed by atoms with Crippen LogP contribution in [0.5, 0.6) is 0 Å². The lowest BCUT2D eigenvalue weighted by atomic mass is 9.75. The predicted octanol–water partition coefficient (Wildman–Crippen LogP) is 3.27. The maximum Gasteiger partial charge on any atom is 0.450 e. The average molecular weight is 270 g/mol. The van der Waals surface area contributed by atoms with Crippen LogP contribution >= 0.6 is 0 Å². The number of carbonyl (C=O) groups excluding carboxylic acids is 2. The third-order valence-electron chi connectivity index (χ3n) is 3.51. The number of alkyl halides is 3. The fourth-order valence-corrected chi connectivity index (χ4v) is 2.50. The topological polar surface area (TPSA) is 34.1 Å². The van der Waals surface area contributed by atoms with E-state index in [9.17, 15) is 22.8 Å². The minimum absolute atomic E-state index is 0.0338. The SMILES string of the molecule is O=C1CC[C@@H](c2ccccc2)C[C@H]1C(=O)C(F)(F)F. The molecule has 1 aromatic carbocycles. The van der Waals surface area contributed by atoms with E-state index in [1.54, 1.807) is 12.1 Å². The second kappa shape index (κ2) is 5.15. The van der Waals surface area contributed by atoms with Crippen molar-refractivity contribution < 1.29 is 22.8 Å². The first-order chi connectivity index (χ1) is 8.89. The second-order valence-corrected chi connectivity index (χ2v) is 4.76. The van der Waals surface area contributed by atoms with E-state index in [2.05, 4.69) is 0 Å². The highest BCUT2D eigenvalue weighted by molar-refractivity contribution is 6.05. The number of ketones is 2. The largest absolute Gasteiger partial charge is 0.450 e. The van der Waals surface area contributed by atoms with Crippen molar-refractivity contribution in [2.75, 3.05) is 0 Å². The Morgan fingerprint density at radius 2 is 1.79 bits per heavy atom. The highest BCUT2D eigenvalue weighted by Gasteiger charge is 2.47. The third kappa shape index (κ3) is 3.03. The first-order valence-corrected chi connectivity index (χ1v) is 6.08. The zero-order valence-electron chi connectivity index (χ0n) is 10.1. The maximum atomic E-state index is 12.4. The molecule has 0 radical (unpaired) electrons. The Kier molecular flexibility index (Phi) is 3.73. The van der Waals surface area contributed by atoms with Crippen LogP contribution in [0.3, 0.4) is 0 Å². The number of carbonyl (C=O) groups is 2. The fourth-order valence-electron chi connectivity index (χ4n) is 2.50. The van der Waals surface area contributed by atoms with Gasteiger partial charge in [0.2, 0.25) is 5.78 Å². The van der Waals surface area contributed by atoms with Crippen LogP contribution in [0.1, 0.15) is 30.7 Å². The number of halogens is 3. The average Bonchev–Trinajstić information content (AvgIpc) is 2.38. The molecule has 0 amide bonds. The predicted molar refractivity (Wildman–Crippen MR) is 62.6 cm³/mol. The molecule has 1 fully saturated rings. The van der Waals surface area contributed by atoms with Gasteiger partial charge in [-0.1, -0.05) is 30.3 Å². The Morgan fingerprint density at radius 3 is 2.37 bits per heavy atom. The highest BCUT2D eigenvalue weighted by Crippen LogP contribution is 2.37. The van der Waals surface area contributed by atoms with E-state index in [1.165, 1.54) is 0 Å². The van der Waals surface area contributed by atoms with Gasteiger partial charge in [-0.15, -0.1) is 0 Å². The lowest BCUT2D eigenvalue weighted by molar-refractivity contribution is -0.177. The van der Waals surface area contributed by atoms with Crippen molar-refractivity contribution in [3.63, 3.8) is 0 Å². The summed E-state index contributed by atoms with van der Waals surface area (Å²) in [5, 5.41) is 0. The first-order valence-electron chi connectivity index (χ1n) is 6.08. The fraction of sp³-hybridized carbons (Fsp3) is 0.429. The molecule has 2 nitrogen and oxygen atoms in total. The zero-order chi connectivity index (χ0) is 14.0. The van der Waals surface area contributed by atoms with E-state index in [0.29, 0.717) is 6.42 Å². The monoisotopic (exact) mass is 270 g/mol. The molecule has 2 atom stereocenters. The molecule has 0 heterocycles. The standard InChI is InChI=1S/C14H13F3O2/c15-14(16,17)13(19)11-8-10(6-7-12(11)18)9-4-2-1-3-5-9/h1-5,10-11H,6-8H2/t10-,11-/m1/s1. The van der Waals surface area contributed by atoms with Crippen LogP contribution in [0, 0.1) is 5.92 Å². The Hall–Kier alpha value is -1.65. The van der Waals surface area contributed by atoms with Gasteiger partial charge >= 0.3 is 6.18 Å². The second-order valence-electron chi connectivity index (χ2n) is 4.76. The Bertz CT molecular complexity index is 479. The minimum Gasteiger partial charge on any atom is -0.299 e. The molecule has 1 aliphatic rings. The van der Waals surface area contributed by atoms with Crippen molar-refractivity contribution in [3.8, 4) is 0 Å². The molecule has 5 heteroatoms. The van der Waals surface area contributed by atoms with Gasteiger partial charge in [-0.3, -0.25) is 9.59 Å². The van der Waals surface area contributed by atoms with Gasteiger partial charge in [-0.2, -0.15) is 13.2 Å². The number of benzene rings is 1. The summed E-state index contributed by atoms with van der Waals surface area (Å²) in [6.45, 7) is 0. The van der Waals surface area contributed by atoms with Crippen molar-refractivity contribution >= 4 is 11.6 Å². The quantitative estimate of drug-likeness (QED) is 0.773. The molecular weight excluding hydrogens is 257 g/mol. The number of Topliss-reactive ketones (excluding diaryl/α,β-unsaturated/α-hetero) is 2. The van der Waals surface area contributed by atoms with E-state index < -0.39 is 23.7 Å². The lowest BCUT2D eigenvalue weighted by Gasteiger charge is -2.28. The molecule has 0 aliphatic heterocycles. The Labute approximate surface area is 108 Å². The smallest absolute Gasteiger partial charge is 0.299 e. The van der Waals surface area contributed by atoms with Crippen LogP contribution in [-0.4, -0.2) is 17.7 Å². The van der Waals surface area contributed by atoms with Gasteiger partial charge in [0.1, 0.15) is 5.78 Å². The molecule has 0 N–H and O–H groups in total. The van der Waals surface area contributed by atoms with Crippen molar-refractivity contribution in [3.05, 3.63) is 35.9 Å². The van der Waals surface area contributed by atoms with E-state index in [4.69, 9.17) is 0 Å². The lowest BCUT2D eigenvalue weighted by Crippen LogP contribution is -2.38. The van der Waals surface area contributed by atoms with Crippen LogP contribution < -0.4 is 0 Å². The molecule has 102 valence electrons. The first kappa shape index (κ1) is 13.8. The van der Waals surface area contributed by atoms with Crippen LogP contribution in [-0.2, 0) is 9.59 Å². The van der Waals surface area contributed by atoms with Crippen molar-refractivity contribution in [1.29, 1.82) is 0 Å². The summed E-state index contributed by atoms with van der Waals surface area (Å²) < 4.78 is 37.3. The molecule has 0 spiro atoms. The van der Waals surface area contributed by atoms with E-state index in [0.717, 1.165) is 5.56 Å². The van der Waals surface area contributed by atoms with Crippen LogP contribution in [0.2, 0.25) is 0 Å². The minimum atomic E-state index is -4.93. The summed E-state index contributed by atoms with van der Waals surface area (Å²) in [6, 6.07) is 9.04.